The lowest BCUT2D eigenvalue weighted by molar-refractivity contribution is -0.228. The molecular formula is C31H55NO7S. The largest absolute Gasteiger partial charge is 0.393 e. The Kier molecular flexibility index (Phi) is 9.45. The van der Waals surface area contributed by atoms with Gasteiger partial charge in [-0.25, -0.2) is 0 Å². The van der Waals surface area contributed by atoms with E-state index in [1.54, 1.807) is 0 Å². The van der Waals surface area contributed by atoms with E-state index in [1.807, 2.05) is 13.8 Å². The SMILES string of the molecule is CC[C@H]1[C@@H](O)[C@@H]2[C@H](C[C@H](O)[C@]3(C)[C@@H]([C@H](C)CCC(=O)N[C@H](CS(=O)(=O)O)C(C)C)CC[C@@H]23)[C@@]2(C)CC[C@@H](O)C[C@@H]12. The maximum Gasteiger partial charge on any atom is 0.266 e. The summed E-state index contributed by atoms with van der Waals surface area (Å²) in [7, 11) is -4.20. The van der Waals surface area contributed by atoms with Crippen LogP contribution in [0.4, 0.5) is 0 Å². The molecule has 4 aliphatic rings. The fraction of sp³-hybridized carbons (Fsp3) is 0.968. The lowest BCUT2D eigenvalue weighted by Gasteiger charge is -2.65. The van der Waals surface area contributed by atoms with Gasteiger partial charge in [0.15, 0.2) is 0 Å². The van der Waals surface area contributed by atoms with Crippen molar-refractivity contribution in [1.29, 1.82) is 0 Å². The number of aliphatic hydroxyl groups excluding tert-OH is 3. The predicted octanol–water partition coefficient (Wildman–Crippen LogP) is 4.03. The first-order chi connectivity index (χ1) is 18.5. The van der Waals surface area contributed by atoms with Gasteiger partial charge in [-0.2, -0.15) is 8.42 Å². The zero-order valence-electron chi connectivity index (χ0n) is 25.4. The Morgan fingerprint density at radius 3 is 2.27 bits per heavy atom. The summed E-state index contributed by atoms with van der Waals surface area (Å²) in [5, 5.41) is 37.0. The average molecular weight is 586 g/mol. The van der Waals surface area contributed by atoms with E-state index in [0.717, 1.165) is 38.5 Å². The fourth-order valence-electron chi connectivity index (χ4n) is 10.4. The van der Waals surface area contributed by atoms with E-state index in [0.29, 0.717) is 12.8 Å². The number of hydrogen-bond donors (Lipinski definition) is 5. The molecule has 0 spiro atoms. The molecule has 4 rings (SSSR count). The van der Waals surface area contributed by atoms with Crippen LogP contribution in [0.5, 0.6) is 0 Å². The Morgan fingerprint density at radius 2 is 1.68 bits per heavy atom. The van der Waals surface area contributed by atoms with Crippen LogP contribution in [0.2, 0.25) is 0 Å². The molecule has 0 aromatic heterocycles. The van der Waals surface area contributed by atoms with Crippen LogP contribution in [0.3, 0.4) is 0 Å². The number of nitrogens with one attached hydrogen (secondary N) is 1. The van der Waals surface area contributed by atoms with E-state index in [1.165, 1.54) is 0 Å². The first-order valence-electron chi connectivity index (χ1n) is 15.8. The van der Waals surface area contributed by atoms with Crippen molar-refractivity contribution in [3.8, 4) is 0 Å². The summed E-state index contributed by atoms with van der Waals surface area (Å²) < 4.78 is 32.1. The van der Waals surface area contributed by atoms with Gasteiger partial charge in [-0.1, -0.05) is 48.0 Å². The molecule has 232 valence electrons. The average Bonchev–Trinajstić information content (AvgIpc) is 3.22. The van der Waals surface area contributed by atoms with Gasteiger partial charge in [0, 0.05) is 12.5 Å². The summed E-state index contributed by atoms with van der Waals surface area (Å²) in [6, 6.07) is -0.645. The minimum absolute atomic E-state index is 0.0168. The normalized spacial score (nSPS) is 44.8. The lowest BCUT2D eigenvalue weighted by atomic mass is 9.41. The van der Waals surface area contributed by atoms with Crippen molar-refractivity contribution in [2.45, 2.75) is 124 Å². The topological polar surface area (TPSA) is 144 Å². The van der Waals surface area contributed by atoms with Crippen LogP contribution in [0.1, 0.15) is 99.3 Å². The van der Waals surface area contributed by atoms with E-state index < -0.39 is 34.1 Å². The second kappa shape index (κ2) is 11.7. The zero-order valence-corrected chi connectivity index (χ0v) is 26.2. The maximum absolute atomic E-state index is 12.8. The second-order valence-electron chi connectivity index (χ2n) is 14.9. The molecule has 40 heavy (non-hydrogen) atoms. The van der Waals surface area contributed by atoms with Crippen LogP contribution in [-0.4, -0.2) is 64.3 Å². The third kappa shape index (κ3) is 5.76. The molecule has 8 nitrogen and oxygen atoms in total. The van der Waals surface area contributed by atoms with Gasteiger partial charge in [0.1, 0.15) is 0 Å². The minimum Gasteiger partial charge on any atom is -0.393 e. The fourth-order valence-corrected chi connectivity index (χ4v) is 11.3. The van der Waals surface area contributed by atoms with Gasteiger partial charge in [-0.3, -0.25) is 9.35 Å². The molecule has 0 saturated heterocycles. The highest BCUT2D eigenvalue weighted by Crippen LogP contribution is 2.69. The molecule has 5 N–H and O–H groups in total. The third-order valence-electron chi connectivity index (χ3n) is 12.6. The summed E-state index contributed by atoms with van der Waals surface area (Å²) in [6.45, 7) is 12.5. The highest BCUT2D eigenvalue weighted by Gasteiger charge is 2.67. The van der Waals surface area contributed by atoms with E-state index in [9.17, 15) is 33.1 Å². The molecule has 13 atom stereocenters. The Bertz CT molecular complexity index is 1020. The summed E-state index contributed by atoms with van der Waals surface area (Å²) in [6.07, 6.45) is 5.70. The van der Waals surface area contributed by atoms with E-state index in [-0.39, 0.29) is 76.6 Å². The van der Waals surface area contributed by atoms with Crippen LogP contribution in [0.25, 0.3) is 0 Å². The monoisotopic (exact) mass is 585 g/mol. The van der Waals surface area contributed by atoms with Crippen molar-refractivity contribution in [3.05, 3.63) is 0 Å². The lowest BCUT2D eigenvalue weighted by Crippen LogP contribution is -2.65. The first-order valence-corrected chi connectivity index (χ1v) is 17.4. The Balaban J connectivity index is 1.48. The standard InChI is InChI=1S/C31H55NO7S/c1-7-20-23-14-19(33)12-13-30(23,5)24-15-26(34)31(6)21(9-10-22(31)28(24)29(20)36)18(4)8-11-27(35)32-25(17(2)3)16-40(37,38)39/h17-26,28-29,33-34,36H,7-16H2,1-6H3,(H,32,35)(H,37,38,39)/t18-,19-,20-,21-,22+,23+,24+,25-,26+,28+,29-,30+,31-/m1/s1. The van der Waals surface area contributed by atoms with E-state index in [4.69, 9.17) is 0 Å². The molecule has 0 aliphatic heterocycles. The molecule has 0 aromatic rings. The van der Waals surface area contributed by atoms with Crippen molar-refractivity contribution < 1.29 is 33.1 Å². The molecule has 0 aromatic carbocycles. The van der Waals surface area contributed by atoms with Gasteiger partial charge >= 0.3 is 0 Å². The quantitative estimate of drug-likeness (QED) is 0.257. The highest BCUT2D eigenvalue weighted by molar-refractivity contribution is 7.85. The van der Waals surface area contributed by atoms with Crippen LogP contribution in [0, 0.1) is 58.2 Å². The molecule has 0 bridgehead atoms. The molecule has 4 fully saturated rings. The molecule has 1 amide bonds. The maximum atomic E-state index is 12.8. The first kappa shape index (κ1) is 32.2. The summed E-state index contributed by atoms with van der Waals surface area (Å²) in [5.74, 6) is 0.606. The van der Waals surface area contributed by atoms with Crippen LogP contribution < -0.4 is 5.32 Å². The van der Waals surface area contributed by atoms with Crippen LogP contribution in [-0.2, 0) is 14.9 Å². The number of aliphatic hydroxyl groups is 3. The highest BCUT2D eigenvalue weighted by atomic mass is 32.2. The Labute approximate surface area is 241 Å². The predicted molar refractivity (Wildman–Crippen MR) is 155 cm³/mol. The van der Waals surface area contributed by atoms with Crippen molar-refractivity contribution in [1.82, 2.24) is 5.32 Å². The summed E-state index contributed by atoms with van der Waals surface area (Å²) in [4.78, 5) is 12.8. The molecule has 0 unspecified atom stereocenters. The van der Waals surface area contributed by atoms with Gasteiger partial charge in [0.05, 0.1) is 24.1 Å². The number of carbonyl (C=O) groups is 1. The number of carbonyl (C=O) groups excluding carboxylic acids is 1. The molecule has 9 heteroatoms. The smallest absolute Gasteiger partial charge is 0.266 e. The second-order valence-corrected chi connectivity index (χ2v) is 16.4. The number of hydrogen-bond acceptors (Lipinski definition) is 6. The number of amides is 1. The Hall–Kier alpha value is -0.740. The molecule has 4 aliphatic carbocycles. The molecular weight excluding hydrogens is 530 g/mol. The van der Waals surface area contributed by atoms with E-state index >= 15 is 0 Å². The van der Waals surface area contributed by atoms with Crippen molar-refractivity contribution >= 4 is 16.0 Å². The van der Waals surface area contributed by atoms with E-state index in [2.05, 4.69) is 33.0 Å². The molecule has 0 radical (unpaired) electrons. The minimum atomic E-state index is -4.20. The summed E-state index contributed by atoms with van der Waals surface area (Å²) >= 11 is 0. The molecule has 4 saturated carbocycles. The summed E-state index contributed by atoms with van der Waals surface area (Å²) in [5.41, 5.74) is -0.317. The molecule has 0 heterocycles. The van der Waals surface area contributed by atoms with Crippen molar-refractivity contribution in [3.63, 3.8) is 0 Å². The van der Waals surface area contributed by atoms with Gasteiger partial charge in [0.2, 0.25) is 5.91 Å². The zero-order chi connectivity index (χ0) is 29.8. The van der Waals surface area contributed by atoms with Crippen molar-refractivity contribution in [2.24, 2.45) is 58.2 Å². The third-order valence-corrected chi connectivity index (χ3v) is 13.4. The Morgan fingerprint density at radius 1 is 1.00 bits per heavy atom. The van der Waals surface area contributed by atoms with Crippen LogP contribution in [0.15, 0.2) is 0 Å². The number of rotatable bonds is 9. The van der Waals surface area contributed by atoms with Gasteiger partial charge in [0.25, 0.3) is 10.1 Å². The van der Waals surface area contributed by atoms with Crippen molar-refractivity contribution in [2.75, 3.05) is 5.75 Å². The van der Waals surface area contributed by atoms with Crippen LogP contribution >= 0.6 is 0 Å². The van der Waals surface area contributed by atoms with Gasteiger partial charge in [-0.15, -0.1) is 0 Å². The van der Waals surface area contributed by atoms with Gasteiger partial charge < -0.3 is 20.6 Å². The van der Waals surface area contributed by atoms with Gasteiger partial charge in [-0.05, 0) is 103 Å². The number of fused-ring (bicyclic) bond motifs is 5.